The highest BCUT2D eigenvalue weighted by atomic mass is 16.6. The first kappa shape index (κ1) is 25.5. The lowest BCUT2D eigenvalue weighted by Crippen LogP contribution is -2.48. The highest BCUT2D eigenvalue weighted by Crippen LogP contribution is 2.35. The van der Waals surface area contributed by atoms with Crippen molar-refractivity contribution in [2.45, 2.75) is 26.3 Å². The number of ether oxygens (including phenoxy) is 3. The summed E-state index contributed by atoms with van der Waals surface area (Å²) in [7, 11) is 2.97. The van der Waals surface area contributed by atoms with E-state index in [-0.39, 0.29) is 35.3 Å². The Bertz CT molecular complexity index is 985. The number of benzene rings is 2. The Kier molecular flexibility index (Phi) is 8.84. The van der Waals surface area contributed by atoms with E-state index in [4.69, 9.17) is 14.2 Å². The van der Waals surface area contributed by atoms with E-state index in [9.17, 15) is 14.9 Å². The van der Waals surface area contributed by atoms with E-state index in [1.807, 2.05) is 0 Å². The van der Waals surface area contributed by atoms with Crippen LogP contribution in [0, 0.1) is 10.1 Å². The van der Waals surface area contributed by atoms with Gasteiger partial charge >= 0.3 is 0 Å². The number of carbonyl (C=O) groups excluding carboxylic acids is 1. The van der Waals surface area contributed by atoms with Gasteiger partial charge in [0, 0.05) is 45.9 Å². The number of hydrogen-bond acceptors (Lipinski definition) is 7. The molecule has 3 rings (SSSR count). The van der Waals surface area contributed by atoms with Crippen molar-refractivity contribution in [3.8, 4) is 11.5 Å². The van der Waals surface area contributed by atoms with Crippen molar-refractivity contribution in [2.75, 3.05) is 53.6 Å². The van der Waals surface area contributed by atoms with Crippen LogP contribution in [-0.2, 0) is 11.3 Å². The van der Waals surface area contributed by atoms with Crippen molar-refractivity contribution in [3.63, 3.8) is 0 Å². The molecule has 0 N–H and O–H groups in total. The van der Waals surface area contributed by atoms with Crippen LogP contribution in [0.5, 0.6) is 11.5 Å². The molecule has 0 unspecified atom stereocenters. The Morgan fingerprint density at radius 1 is 1.03 bits per heavy atom. The molecule has 0 saturated carbocycles. The van der Waals surface area contributed by atoms with Crippen molar-refractivity contribution in [2.24, 2.45) is 0 Å². The van der Waals surface area contributed by atoms with Crippen LogP contribution < -0.4 is 9.47 Å². The molecular weight excluding hydrogens is 438 g/mol. The summed E-state index contributed by atoms with van der Waals surface area (Å²) in [6.45, 7) is 8.07. The minimum absolute atomic E-state index is 0.00124. The molecule has 0 atom stereocenters. The number of carbonyl (C=O) groups is 1. The second kappa shape index (κ2) is 11.8. The van der Waals surface area contributed by atoms with Gasteiger partial charge in [-0.25, -0.2) is 0 Å². The van der Waals surface area contributed by atoms with E-state index in [1.165, 1.54) is 37.5 Å². The number of methoxy groups -OCH3 is 2. The van der Waals surface area contributed by atoms with Gasteiger partial charge < -0.3 is 19.1 Å². The summed E-state index contributed by atoms with van der Waals surface area (Å²) in [6, 6.07) is 11.3. The smallest absolute Gasteiger partial charge is 0.286 e. The molecule has 1 fully saturated rings. The third-order valence-corrected chi connectivity index (χ3v) is 5.97. The van der Waals surface area contributed by atoms with Crippen LogP contribution in [0.2, 0.25) is 0 Å². The summed E-state index contributed by atoms with van der Waals surface area (Å²) >= 11 is 0. The van der Waals surface area contributed by atoms with Gasteiger partial charge in [0.2, 0.25) is 0 Å². The third kappa shape index (κ3) is 6.24. The monoisotopic (exact) mass is 471 g/mol. The highest BCUT2D eigenvalue weighted by Gasteiger charge is 2.30. The zero-order valence-electron chi connectivity index (χ0n) is 20.3. The predicted molar refractivity (Wildman–Crippen MR) is 129 cm³/mol. The zero-order valence-corrected chi connectivity index (χ0v) is 20.3. The van der Waals surface area contributed by atoms with Crippen molar-refractivity contribution < 1.29 is 23.9 Å². The molecule has 0 bridgehead atoms. The molecule has 184 valence electrons. The summed E-state index contributed by atoms with van der Waals surface area (Å²) in [5, 5.41) is 11.7. The molecule has 1 amide bonds. The Morgan fingerprint density at radius 3 is 2.26 bits per heavy atom. The lowest BCUT2D eigenvalue weighted by atomic mass is 10.0. The van der Waals surface area contributed by atoms with E-state index < -0.39 is 4.92 Å². The second-order valence-corrected chi connectivity index (χ2v) is 8.58. The lowest BCUT2D eigenvalue weighted by Gasteiger charge is -2.34. The maximum Gasteiger partial charge on any atom is 0.286 e. The van der Waals surface area contributed by atoms with Crippen LogP contribution in [0.15, 0.2) is 36.4 Å². The Balaban J connectivity index is 1.68. The topological polar surface area (TPSA) is 94.4 Å². The predicted octanol–water partition coefficient (Wildman–Crippen LogP) is 3.71. The highest BCUT2D eigenvalue weighted by molar-refractivity contribution is 5.99. The van der Waals surface area contributed by atoms with Gasteiger partial charge in [0.1, 0.15) is 12.2 Å². The van der Waals surface area contributed by atoms with E-state index in [0.717, 1.165) is 6.54 Å². The zero-order chi connectivity index (χ0) is 24.7. The number of nitro groups is 1. The van der Waals surface area contributed by atoms with Crippen molar-refractivity contribution in [1.29, 1.82) is 0 Å². The number of hydrogen-bond donors (Lipinski definition) is 0. The van der Waals surface area contributed by atoms with E-state index in [0.29, 0.717) is 38.7 Å². The average molecular weight is 472 g/mol. The van der Waals surface area contributed by atoms with E-state index in [2.05, 4.69) is 43.0 Å². The van der Waals surface area contributed by atoms with Crippen LogP contribution in [0.1, 0.15) is 41.3 Å². The minimum atomic E-state index is -0.563. The van der Waals surface area contributed by atoms with E-state index >= 15 is 0 Å². The number of rotatable bonds is 10. The molecule has 2 aromatic rings. The number of nitro benzene ring substituents is 1. The largest absolute Gasteiger partial charge is 0.493 e. The maximum atomic E-state index is 13.2. The SMILES string of the molecule is COCCOc1cc([N+](=O)[O-])c(C(=O)N2CCN(Cc3ccc(C(C)C)cc3)CC2)cc1OC. The normalized spacial score (nSPS) is 14.3. The first-order valence-electron chi connectivity index (χ1n) is 11.4. The van der Waals surface area contributed by atoms with E-state index in [1.54, 1.807) is 4.90 Å². The van der Waals surface area contributed by atoms with Crippen LogP contribution in [0.4, 0.5) is 5.69 Å². The molecule has 1 saturated heterocycles. The fourth-order valence-electron chi connectivity index (χ4n) is 3.92. The molecule has 1 aliphatic heterocycles. The molecule has 9 nitrogen and oxygen atoms in total. The van der Waals surface area contributed by atoms with Gasteiger partial charge in [-0.05, 0) is 17.0 Å². The summed E-state index contributed by atoms with van der Waals surface area (Å²) in [4.78, 5) is 28.3. The number of piperazine rings is 1. The standard InChI is InChI=1S/C25H33N3O6/c1-18(2)20-7-5-19(6-8-20)17-26-9-11-27(12-10-26)25(29)21-15-23(33-4)24(34-14-13-32-3)16-22(21)28(30)31/h5-8,15-16,18H,9-14,17H2,1-4H3. The summed E-state index contributed by atoms with van der Waals surface area (Å²) in [5.74, 6) is 0.594. The fourth-order valence-corrected chi connectivity index (χ4v) is 3.92. The lowest BCUT2D eigenvalue weighted by molar-refractivity contribution is -0.385. The van der Waals surface area contributed by atoms with Gasteiger partial charge in [0.25, 0.3) is 11.6 Å². The quantitative estimate of drug-likeness (QED) is 0.296. The van der Waals surface area contributed by atoms with Gasteiger partial charge in [-0.15, -0.1) is 0 Å². The Morgan fingerprint density at radius 2 is 1.71 bits per heavy atom. The fraction of sp³-hybridized carbons (Fsp3) is 0.480. The molecule has 0 aliphatic carbocycles. The molecular formula is C25H33N3O6. The molecule has 1 aliphatic rings. The average Bonchev–Trinajstić information content (AvgIpc) is 2.84. The summed E-state index contributed by atoms with van der Waals surface area (Å²) in [5.41, 5.74) is 2.24. The number of nitrogens with zero attached hydrogens (tertiary/aromatic N) is 3. The van der Waals surface area contributed by atoms with Crippen LogP contribution >= 0.6 is 0 Å². The molecule has 9 heteroatoms. The Hall–Kier alpha value is -3.17. The Labute approximate surface area is 200 Å². The van der Waals surface area contributed by atoms with Crippen LogP contribution in [0.25, 0.3) is 0 Å². The maximum absolute atomic E-state index is 13.2. The first-order chi connectivity index (χ1) is 16.3. The molecule has 0 radical (unpaired) electrons. The van der Waals surface area contributed by atoms with Crippen LogP contribution in [0.3, 0.4) is 0 Å². The van der Waals surface area contributed by atoms with Crippen LogP contribution in [-0.4, -0.2) is 74.2 Å². The summed E-state index contributed by atoms with van der Waals surface area (Å²) in [6.07, 6.45) is 0. The third-order valence-electron chi connectivity index (χ3n) is 5.97. The first-order valence-corrected chi connectivity index (χ1v) is 11.4. The van der Waals surface area contributed by atoms with Gasteiger partial charge in [0.05, 0.1) is 24.7 Å². The van der Waals surface area contributed by atoms with Crippen molar-refractivity contribution >= 4 is 11.6 Å². The minimum Gasteiger partial charge on any atom is -0.493 e. The molecule has 2 aromatic carbocycles. The van der Waals surface area contributed by atoms with Crippen molar-refractivity contribution in [3.05, 3.63) is 63.2 Å². The van der Waals surface area contributed by atoms with Gasteiger partial charge in [-0.3, -0.25) is 19.8 Å². The van der Waals surface area contributed by atoms with Gasteiger partial charge in [-0.2, -0.15) is 0 Å². The van der Waals surface area contributed by atoms with Gasteiger partial charge in [0.15, 0.2) is 11.5 Å². The van der Waals surface area contributed by atoms with Crippen molar-refractivity contribution in [1.82, 2.24) is 9.80 Å². The molecule has 1 heterocycles. The molecule has 0 spiro atoms. The number of amides is 1. The molecule has 34 heavy (non-hydrogen) atoms. The second-order valence-electron chi connectivity index (χ2n) is 8.58. The van der Waals surface area contributed by atoms with Gasteiger partial charge in [-0.1, -0.05) is 38.1 Å². The molecule has 0 aromatic heterocycles. The summed E-state index contributed by atoms with van der Waals surface area (Å²) < 4.78 is 15.8.